The zero-order chi connectivity index (χ0) is 12.5. The molecule has 1 unspecified atom stereocenters. The summed E-state index contributed by atoms with van der Waals surface area (Å²) in [6.45, 7) is 1.72. The first kappa shape index (κ1) is 11.7. The van der Waals surface area contributed by atoms with Crippen molar-refractivity contribution in [2.75, 3.05) is 0 Å². The van der Waals surface area contributed by atoms with E-state index in [9.17, 15) is 15.2 Å². The van der Waals surface area contributed by atoms with Gasteiger partial charge in [0.05, 0.1) is 16.1 Å². The fraction of sp³-hybridized carbons (Fsp3) is 0.417. The van der Waals surface area contributed by atoms with E-state index < -0.39 is 10.5 Å². The van der Waals surface area contributed by atoms with Crippen molar-refractivity contribution >= 4 is 11.3 Å². The zero-order valence-corrected chi connectivity index (χ0v) is 9.59. The van der Waals surface area contributed by atoms with Gasteiger partial charge in [-0.2, -0.15) is 0 Å². The van der Waals surface area contributed by atoms with Crippen molar-refractivity contribution in [3.63, 3.8) is 0 Å². The fourth-order valence-electron chi connectivity index (χ4n) is 2.17. The Bertz CT molecular complexity index is 480. The highest BCUT2D eigenvalue weighted by Crippen LogP contribution is 2.35. The highest BCUT2D eigenvalue weighted by molar-refractivity contribution is 5.73. The second-order valence-corrected chi connectivity index (χ2v) is 4.53. The van der Waals surface area contributed by atoms with Gasteiger partial charge in [0.2, 0.25) is 0 Å². The summed E-state index contributed by atoms with van der Waals surface area (Å²) in [7, 11) is 0. The molecule has 0 bridgehead atoms. The molecule has 0 radical (unpaired) electrons. The van der Waals surface area contributed by atoms with Crippen molar-refractivity contribution in [3.05, 3.63) is 40.2 Å². The molecule has 0 saturated heterocycles. The minimum atomic E-state index is -0.870. The lowest BCUT2D eigenvalue weighted by Crippen LogP contribution is -2.24. The molecule has 1 aliphatic carbocycles. The molecule has 5 nitrogen and oxygen atoms in total. The van der Waals surface area contributed by atoms with Gasteiger partial charge in [-0.15, -0.1) is 0 Å². The minimum absolute atomic E-state index is 0.00329. The molecule has 1 N–H and O–H groups in total. The number of hydrogen-bond donors (Lipinski definition) is 1. The summed E-state index contributed by atoms with van der Waals surface area (Å²) in [6, 6.07) is 1.63. The second kappa shape index (κ2) is 4.25. The van der Waals surface area contributed by atoms with Crippen LogP contribution in [-0.2, 0) is 0 Å². The van der Waals surface area contributed by atoms with Gasteiger partial charge in [-0.25, -0.2) is 0 Å². The van der Waals surface area contributed by atoms with Crippen LogP contribution >= 0.6 is 0 Å². The Hall–Kier alpha value is -1.75. The van der Waals surface area contributed by atoms with Gasteiger partial charge in [-0.05, 0) is 43.9 Å². The maximum atomic E-state index is 10.9. The first-order valence-corrected chi connectivity index (χ1v) is 5.52. The molecule has 1 aromatic rings. The predicted molar refractivity (Wildman–Crippen MR) is 63.3 cm³/mol. The van der Waals surface area contributed by atoms with Crippen LogP contribution in [0.5, 0.6) is 0 Å². The molecule has 0 aromatic carbocycles. The van der Waals surface area contributed by atoms with Crippen LogP contribution in [0.3, 0.4) is 0 Å². The third-order valence-electron chi connectivity index (χ3n) is 2.96. The SMILES string of the molecule is CC1(O)C=C(c2ccncc2[N+](=O)[O-])CCC1. The van der Waals surface area contributed by atoms with Gasteiger partial charge in [-0.1, -0.05) is 0 Å². The van der Waals surface area contributed by atoms with Crippen LogP contribution in [0.1, 0.15) is 31.7 Å². The number of pyridine rings is 1. The number of nitrogens with zero attached hydrogens (tertiary/aromatic N) is 2. The minimum Gasteiger partial charge on any atom is -0.386 e. The van der Waals surface area contributed by atoms with E-state index in [1.807, 2.05) is 0 Å². The lowest BCUT2D eigenvalue weighted by Gasteiger charge is -2.26. The maximum absolute atomic E-state index is 10.9. The fourth-order valence-corrected chi connectivity index (χ4v) is 2.17. The smallest absolute Gasteiger partial charge is 0.294 e. The molecule has 0 spiro atoms. The van der Waals surface area contributed by atoms with E-state index >= 15 is 0 Å². The van der Waals surface area contributed by atoms with E-state index in [4.69, 9.17) is 0 Å². The van der Waals surface area contributed by atoms with Gasteiger partial charge in [0.25, 0.3) is 5.69 Å². The number of hydrogen-bond acceptors (Lipinski definition) is 4. The first-order valence-electron chi connectivity index (χ1n) is 5.52. The zero-order valence-electron chi connectivity index (χ0n) is 9.59. The summed E-state index contributed by atoms with van der Waals surface area (Å²) < 4.78 is 0. The molecule has 1 heterocycles. The monoisotopic (exact) mass is 234 g/mol. The van der Waals surface area contributed by atoms with E-state index in [0.29, 0.717) is 12.0 Å². The summed E-state index contributed by atoms with van der Waals surface area (Å²) in [5.74, 6) is 0. The van der Waals surface area contributed by atoms with E-state index in [2.05, 4.69) is 4.98 Å². The molecule has 0 saturated carbocycles. The quantitative estimate of drug-likeness (QED) is 0.629. The van der Waals surface area contributed by atoms with Crippen LogP contribution in [-0.4, -0.2) is 20.6 Å². The van der Waals surface area contributed by atoms with Gasteiger partial charge in [0.15, 0.2) is 0 Å². The van der Waals surface area contributed by atoms with Crippen LogP contribution in [0.25, 0.3) is 5.57 Å². The number of nitro groups is 1. The molecule has 1 atom stereocenters. The molecular weight excluding hydrogens is 220 g/mol. The summed E-state index contributed by atoms with van der Waals surface area (Å²) >= 11 is 0. The van der Waals surface area contributed by atoms with Crippen molar-refractivity contribution in [2.24, 2.45) is 0 Å². The highest BCUT2D eigenvalue weighted by Gasteiger charge is 2.26. The average molecular weight is 234 g/mol. The Morgan fingerprint density at radius 3 is 3.00 bits per heavy atom. The van der Waals surface area contributed by atoms with Crippen LogP contribution < -0.4 is 0 Å². The largest absolute Gasteiger partial charge is 0.386 e. The van der Waals surface area contributed by atoms with Crippen LogP contribution in [0.4, 0.5) is 5.69 Å². The molecule has 2 rings (SSSR count). The van der Waals surface area contributed by atoms with Gasteiger partial charge in [0, 0.05) is 6.20 Å². The number of aliphatic hydroxyl groups is 1. The van der Waals surface area contributed by atoms with Crippen LogP contribution in [0.2, 0.25) is 0 Å². The molecule has 0 amide bonds. The Kier molecular flexibility index (Phi) is 2.93. The topological polar surface area (TPSA) is 76.3 Å². The molecule has 5 heteroatoms. The number of aromatic nitrogens is 1. The number of allylic oxidation sites excluding steroid dienone is 1. The lowest BCUT2D eigenvalue weighted by molar-refractivity contribution is -0.385. The van der Waals surface area contributed by atoms with E-state index in [0.717, 1.165) is 18.4 Å². The maximum Gasteiger partial charge on any atom is 0.294 e. The molecule has 1 aromatic heterocycles. The van der Waals surface area contributed by atoms with E-state index in [-0.39, 0.29) is 5.69 Å². The van der Waals surface area contributed by atoms with Crippen molar-refractivity contribution in [3.8, 4) is 0 Å². The average Bonchev–Trinajstić information content (AvgIpc) is 2.27. The summed E-state index contributed by atoms with van der Waals surface area (Å²) in [4.78, 5) is 14.2. The van der Waals surface area contributed by atoms with Crippen LogP contribution in [0.15, 0.2) is 24.5 Å². The standard InChI is InChI=1S/C12H14N2O3/c1-12(15)5-2-3-9(7-12)10-4-6-13-8-11(10)14(16)17/h4,6-8,15H,2-3,5H2,1H3. The van der Waals surface area contributed by atoms with Crippen molar-refractivity contribution in [2.45, 2.75) is 31.8 Å². The Labute approximate surface area is 99.0 Å². The molecule has 1 aliphatic rings. The first-order chi connectivity index (χ1) is 7.99. The summed E-state index contributed by atoms with van der Waals surface area (Å²) in [5.41, 5.74) is 0.516. The van der Waals surface area contributed by atoms with Crippen molar-refractivity contribution < 1.29 is 10.0 Å². The molecule has 90 valence electrons. The summed E-state index contributed by atoms with van der Waals surface area (Å²) in [5, 5.41) is 20.9. The third kappa shape index (κ3) is 2.50. The predicted octanol–water partition coefficient (Wildman–Crippen LogP) is 2.31. The van der Waals surface area contributed by atoms with E-state index in [1.165, 1.54) is 12.4 Å². The molecule has 0 fully saturated rings. The molecular formula is C12H14N2O3. The Morgan fingerprint density at radius 2 is 2.35 bits per heavy atom. The molecule has 0 aliphatic heterocycles. The lowest BCUT2D eigenvalue weighted by atomic mass is 9.85. The highest BCUT2D eigenvalue weighted by atomic mass is 16.6. The Morgan fingerprint density at radius 1 is 1.59 bits per heavy atom. The van der Waals surface area contributed by atoms with Crippen LogP contribution in [0, 0.1) is 10.1 Å². The normalized spacial score (nSPS) is 24.2. The number of rotatable bonds is 2. The van der Waals surface area contributed by atoms with E-state index in [1.54, 1.807) is 19.1 Å². The molecule has 17 heavy (non-hydrogen) atoms. The van der Waals surface area contributed by atoms with Gasteiger partial charge in [0.1, 0.15) is 6.20 Å². The van der Waals surface area contributed by atoms with Gasteiger partial charge >= 0.3 is 0 Å². The van der Waals surface area contributed by atoms with Gasteiger partial charge < -0.3 is 5.11 Å². The Balaban J connectivity index is 2.47. The van der Waals surface area contributed by atoms with Crippen molar-refractivity contribution in [1.29, 1.82) is 0 Å². The van der Waals surface area contributed by atoms with Crippen molar-refractivity contribution in [1.82, 2.24) is 4.98 Å². The second-order valence-electron chi connectivity index (χ2n) is 4.53. The summed E-state index contributed by atoms with van der Waals surface area (Å²) in [6.07, 6.45) is 6.78. The third-order valence-corrected chi connectivity index (χ3v) is 2.96. The van der Waals surface area contributed by atoms with Gasteiger partial charge in [-0.3, -0.25) is 15.1 Å².